The third-order valence-electron chi connectivity index (χ3n) is 6.67. The van der Waals surface area contributed by atoms with E-state index in [-0.39, 0.29) is 5.25 Å². The van der Waals surface area contributed by atoms with Crippen molar-refractivity contribution in [3.63, 3.8) is 0 Å². The zero-order valence-corrected chi connectivity index (χ0v) is 21.2. The fourth-order valence-electron chi connectivity index (χ4n) is 4.86. The van der Waals surface area contributed by atoms with Crippen molar-refractivity contribution in [2.45, 2.75) is 64.0 Å². The third-order valence-corrected chi connectivity index (χ3v) is 10.2. The summed E-state index contributed by atoms with van der Waals surface area (Å²) >= 11 is 1.66. The van der Waals surface area contributed by atoms with Crippen molar-refractivity contribution < 1.29 is 8.42 Å². The lowest BCUT2D eigenvalue weighted by atomic mass is 10.0. The van der Waals surface area contributed by atoms with Crippen LogP contribution in [0, 0.1) is 34.6 Å². The van der Waals surface area contributed by atoms with Crippen LogP contribution < -0.4 is 4.90 Å². The summed E-state index contributed by atoms with van der Waals surface area (Å²) in [6.45, 7) is 11.6. The summed E-state index contributed by atoms with van der Waals surface area (Å²) in [5, 5.41) is 2.82. The normalized spacial score (nSPS) is 15.3. The van der Waals surface area contributed by atoms with E-state index in [2.05, 4.69) is 42.3 Å². The Morgan fingerprint density at radius 2 is 1.66 bits per heavy atom. The lowest BCUT2D eigenvalue weighted by Gasteiger charge is -2.32. The van der Waals surface area contributed by atoms with E-state index >= 15 is 0 Å². The van der Waals surface area contributed by atoms with E-state index in [1.807, 2.05) is 32.9 Å². The van der Waals surface area contributed by atoms with Crippen molar-refractivity contribution in [2.75, 3.05) is 18.0 Å². The van der Waals surface area contributed by atoms with Crippen molar-refractivity contribution in [2.24, 2.45) is 0 Å². The molecule has 0 radical (unpaired) electrons. The van der Waals surface area contributed by atoms with Gasteiger partial charge in [-0.1, -0.05) is 35.9 Å². The van der Waals surface area contributed by atoms with E-state index in [9.17, 15) is 8.42 Å². The predicted octanol–water partition coefficient (Wildman–Crippen LogP) is 5.72. The molecule has 3 aromatic rings. The lowest BCUT2D eigenvalue weighted by molar-refractivity contribution is 0.528. The second kappa shape index (κ2) is 8.99. The Labute approximate surface area is 196 Å². The number of hydrogen-bond acceptors (Lipinski definition) is 5. The second-order valence-corrected chi connectivity index (χ2v) is 12.1. The SMILES string of the molecule is Cc1cc(C)c(S(=O)(=O)C2CCN(c3nc(Cc4cccc(C)c4C)cs3)CC2)c(C)c1. The number of piperidine rings is 1. The van der Waals surface area contributed by atoms with Gasteiger partial charge in [0.1, 0.15) is 0 Å². The van der Waals surface area contributed by atoms with Gasteiger partial charge in [-0.3, -0.25) is 0 Å². The van der Waals surface area contributed by atoms with Gasteiger partial charge in [0, 0.05) is 24.9 Å². The summed E-state index contributed by atoms with van der Waals surface area (Å²) in [5.74, 6) is 0. The molecule has 170 valence electrons. The van der Waals surface area contributed by atoms with Crippen LogP contribution in [-0.2, 0) is 16.3 Å². The van der Waals surface area contributed by atoms with Crippen molar-refractivity contribution in [1.82, 2.24) is 4.98 Å². The maximum Gasteiger partial charge on any atom is 0.185 e. The number of anilines is 1. The first-order valence-corrected chi connectivity index (χ1v) is 13.7. The fourth-order valence-corrected chi connectivity index (χ4v) is 7.92. The minimum absolute atomic E-state index is 0.326. The summed E-state index contributed by atoms with van der Waals surface area (Å²) in [6, 6.07) is 10.4. The van der Waals surface area contributed by atoms with Crippen LogP contribution in [0.5, 0.6) is 0 Å². The first-order valence-electron chi connectivity index (χ1n) is 11.2. The number of hydrogen-bond donors (Lipinski definition) is 0. The van der Waals surface area contributed by atoms with Gasteiger partial charge in [-0.05, 0) is 75.3 Å². The van der Waals surface area contributed by atoms with Crippen LogP contribution in [0.2, 0.25) is 0 Å². The smallest absolute Gasteiger partial charge is 0.185 e. The van der Waals surface area contributed by atoms with E-state index in [4.69, 9.17) is 4.98 Å². The van der Waals surface area contributed by atoms with Gasteiger partial charge in [0.2, 0.25) is 0 Å². The lowest BCUT2D eigenvalue weighted by Crippen LogP contribution is -2.39. The Morgan fingerprint density at radius 1 is 1.00 bits per heavy atom. The Bertz CT molecular complexity index is 1210. The second-order valence-electron chi connectivity index (χ2n) is 9.12. The van der Waals surface area contributed by atoms with E-state index in [0.29, 0.717) is 17.7 Å². The van der Waals surface area contributed by atoms with Crippen LogP contribution >= 0.6 is 11.3 Å². The Hall–Kier alpha value is -2.18. The average molecular weight is 469 g/mol. The molecule has 32 heavy (non-hydrogen) atoms. The molecule has 2 aromatic carbocycles. The summed E-state index contributed by atoms with van der Waals surface area (Å²) < 4.78 is 26.8. The molecule has 0 unspecified atom stereocenters. The van der Waals surface area contributed by atoms with E-state index < -0.39 is 9.84 Å². The molecule has 0 spiro atoms. The Balaban J connectivity index is 1.45. The summed E-state index contributed by atoms with van der Waals surface area (Å²) in [5.41, 5.74) is 7.86. The standard InChI is InChI=1S/C26H32N2O2S2/c1-17-13-19(3)25(20(4)14-17)32(29,30)24-9-11-28(12-10-24)26-27-23(16-31-26)15-22-8-6-7-18(2)21(22)5/h6-8,13-14,16,24H,9-12,15H2,1-5H3. The predicted molar refractivity (Wildman–Crippen MR) is 134 cm³/mol. The zero-order valence-electron chi connectivity index (χ0n) is 19.6. The van der Waals surface area contributed by atoms with Crippen molar-refractivity contribution >= 4 is 26.3 Å². The molecule has 6 heteroatoms. The number of sulfone groups is 1. The molecular weight excluding hydrogens is 436 g/mol. The van der Waals surface area contributed by atoms with Gasteiger partial charge in [-0.2, -0.15) is 0 Å². The maximum absolute atomic E-state index is 13.4. The average Bonchev–Trinajstić information content (AvgIpc) is 3.19. The number of benzene rings is 2. The van der Waals surface area contributed by atoms with Crippen molar-refractivity contribution in [3.8, 4) is 0 Å². The first kappa shape index (κ1) is 23.0. The molecule has 4 rings (SSSR count). The molecule has 0 saturated carbocycles. The topological polar surface area (TPSA) is 50.3 Å². The van der Waals surface area contributed by atoms with Gasteiger partial charge in [0.05, 0.1) is 15.8 Å². The highest BCUT2D eigenvalue weighted by Crippen LogP contribution is 2.32. The molecular formula is C26H32N2O2S2. The molecule has 0 atom stereocenters. The van der Waals surface area contributed by atoms with Crippen LogP contribution in [0.25, 0.3) is 0 Å². The van der Waals surface area contributed by atoms with Gasteiger partial charge in [-0.15, -0.1) is 11.3 Å². The van der Waals surface area contributed by atoms with Crippen molar-refractivity contribution in [3.05, 3.63) is 74.8 Å². The van der Waals surface area contributed by atoms with E-state index in [0.717, 1.165) is 47.0 Å². The molecule has 1 aromatic heterocycles. The molecule has 1 fully saturated rings. The molecule has 1 saturated heterocycles. The number of aromatic nitrogens is 1. The molecule has 0 aliphatic carbocycles. The molecule has 4 nitrogen and oxygen atoms in total. The molecule has 1 aliphatic rings. The molecule has 2 heterocycles. The fraction of sp³-hybridized carbons (Fsp3) is 0.423. The van der Waals surface area contributed by atoms with Gasteiger partial charge in [0.15, 0.2) is 15.0 Å². The van der Waals surface area contributed by atoms with Gasteiger partial charge >= 0.3 is 0 Å². The van der Waals surface area contributed by atoms with Crippen molar-refractivity contribution in [1.29, 1.82) is 0 Å². The first-order chi connectivity index (χ1) is 15.2. The zero-order chi connectivity index (χ0) is 23.0. The highest BCUT2D eigenvalue weighted by molar-refractivity contribution is 7.92. The Kier molecular flexibility index (Phi) is 6.46. The number of thiazole rings is 1. The van der Waals surface area contributed by atoms with Crippen LogP contribution in [0.1, 0.15) is 51.9 Å². The van der Waals surface area contributed by atoms with Gasteiger partial charge in [0.25, 0.3) is 0 Å². The van der Waals surface area contributed by atoms with Gasteiger partial charge in [-0.25, -0.2) is 13.4 Å². The minimum Gasteiger partial charge on any atom is -0.348 e. The largest absolute Gasteiger partial charge is 0.348 e. The van der Waals surface area contributed by atoms with Crippen LogP contribution in [0.15, 0.2) is 40.6 Å². The maximum atomic E-state index is 13.4. The highest BCUT2D eigenvalue weighted by atomic mass is 32.2. The molecule has 0 bridgehead atoms. The van der Waals surface area contributed by atoms with Crippen LogP contribution in [-0.4, -0.2) is 31.7 Å². The third kappa shape index (κ3) is 4.48. The summed E-state index contributed by atoms with van der Waals surface area (Å²) in [7, 11) is -3.33. The minimum atomic E-state index is -3.33. The summed E-state index contributed by atoms with van der Waals surface area (Å²) in [4.78, 5) is 7.66. The van der Waals surface area contributed by atoms with Crippen LogP contribution in [0.3, 0.4) is 0 Å². The Morgan fingerprint density at radius 3 is 2.31 bits per heavy atom. The molecule has 0 N–H and O–H groups in total. The van der Waals surface area contributed by atoms with Gasteiger partial charge < -0.3 is 4.90 Å². The highest BCUT2D eigenvalue weighted by Gasteiger charge is 2.34. The van der Waals surface area contributed by atoms with Crippen LogP contribution in [0.4, 0.5) is 5.13 Å². The van der Waals surface area contributed by atoms with E-state index in [1.165, 1.54) is 16.7 Å². The number of rotatable bonds is 5. The molecule has 0 amide bonds. The summed E-state index contributed by atoms with van der Waals surface area (Å²) in [6.07, 6.45) is 2.11. The van der Waals surface area contributed by atoms with E-state index in [1.54, 1.807) is 11.3 Å². The quantitative estimate of drug-likeness (QED) is 0.481. The monoisotopic (exact) mass is 468 g/mol. The molecule has 1 aliphatic heterocycles. The number of nitrogens with zero attached hydrogens (tertiary/aromatic N) is 2. The number of aryl methyl sites for hydroxylation is 4.